The lowest BCUT2D eigenvalue weighted by Crippen LogP contribution is -2.37. The molecule has 0 radical (unpaired) electrons. The van der Waals surface area contributed by atoms with E-state index in [0.717, 1.165) is 13.0 Å². The van der Waals surface area contributed by atoms with Crippen LogP contribution in [-0.4, -0.2) is 11.7 Å². The molecule has 0 amide bonds. The van der Waals surface area contributed by atoms with E-state index in [9.17, 15) is 0 Å². The summed E-state index contributed by atoms with van der Waals surface area (Å²) in [6.45, 7) is 3.23. The molecule has 0 aliphatic heterocycles. The molecular formula is C13H16NO+. The molecule has 2 nitrogen and oxygen atoms in total. The van der Waals surface area contributed by atoms with E-state index in [-0.39, 0.29) is 6.61 Å². The van der Waals surface area contributed by atoms with Gasteiger partial charge < -0.3 is 5.11 Å². The second-order valence-corrected chi connectivity index (χ2v) is 3.81. The second-order valence-electron chi connectivity index (χ2n) is 3.81. The molecule has 2 heteroatoms. The number of pyridine rings is 1. The topological polar surface area (TPSA) is 24.1 Å². The van der Waals surface area contributed by atoms with Crippen LogP contribution in [-0.2, 0) is 6.54 Å². The van der Waals surface area contributed by atoms with Gasteiger partial charge in [-0.2, -0.15) is 0 Å². The summed E-state index contributed by atoms with van der Waals surface area (Å²) < 4.78 is 2.19. The van der Waals surface area contributed by atoms with Crippen molar-refractivity contribution in [3.05, 3.63) is 42.2 Å². The van der Waals surface area contributed by atoms with Gasteiger partial charge in [-0.15, -0.1) is 0 Å². The number of benzene rings is 1. The van der Waals surface area contributed by atoms with E-state index in [1.807, 2.05) is 6.07 Å². The first-order valence-electron chi connectivity index (χ1n) is 5.31. The number of hydrogen-bond acceptors (Lipinski definition) is 1. The number of aliphatic hydroxyl groups excluding tert-OH is 1. The van der Waals surface area contributed by atoms with Crippen LogP contribution in [0, 0.1) is 6.92 Å². The minimum absolute atomic E-state index is 0.249. The largest absolute Gasteiger partial charge is 0.396 e. The average Bonchev–Trinajstić information content (AvgIpc) is 2.26. The van der Waals surface area contributed by atoms with Crippen LogP contribution >= 0.6 is 0 Å². The van der Waals surface area contributed by atoms with Crippen LogP contribution in [0.4, 0.5) is 0 Å². The van der Waals surface area contributed by atoms with Crippen LogP contribution in [0.15, 0.2) is 36.5 Å². The smallest absolute Gasteiger partial charge is 0.178 e. The zero-order valence-electron chi connectivity index (χ0n) is 8.98. The maximum absolute atomic E-state index is 8.82. The highest BCUT2D eigenvalue weighted by atomic mass is 16.3. The Morgan fingerprint density at radius 2 is 1.93 bits per heavy atom. The van der Waals surface area contributed by atoms with Gasteiger partial charge in [-0.25, -0.2) is 4.57 Å². The fourth-order valence-electron chi connectivity index (χ4n) is 1.82. The lowest BCUT2D eigenvalue weighted by Gasteiger charge is -2.02. The first-order chi connectivity index (χ1) is 7.31. The summed E-state index contributed by atoms with van der Waals surface area (Å²) in [5.41, 5.74) is 1.24. The molecule has 0 aliphatic carbocycles. The lowest BCUT2D eigenvalue weighted by molar-refractivity contribution is -0.702. The van der Waals surface area contributed by atoms with Gasteiger partial charge in [0.25, 0.3) is 0 Å². The zero-order valence-corrected chi connectivity index (χ0v) is 8.98. The molecule has 1 N–H and O–H groups in total. The maximum Gasteiger partial charge on any atom is 0.178 e. The lowest BCUT2D eigenvalue weighted by atomic mass is 10.1. The summed E-state index contributed by atoms with van der Waals surface area (Å²) in [7, 11) is 0. The maximum atomic E-state index is 8.82. The minimum atomic E-state index is 0.249. The number of aliphatic hydroxyl groups is 1. The minimum Gasteiger partial charge on any atom is -0.396 e. The molecule has 0 spiro atoms. The highest BCUT2D eigenvalue weighted by Crippen LogP contribution is 2.11. The molecule has 0 saturated carbocycles. The van der Waals surface area contributed by atoms with Gasteiger partial charge in [0.1, 0.15) is 0 Å². The quantitative estimate of drug-likeness (QED) is 0.754. The number of hydrogen-bond donors (Lipinski definition) is 1. The third-order valence-corrected chi connectivity index (χ3v) is 2.67. The SMILES string of the molecule is Cc1cc2ccccc2c[n+]1CCCO. The van der Waals surface area contributed by atoms with Crippen molar-refractivity contribution >= 4 is 10.8 Å². The van der Waals surface area contributed by atoms with Gasteiger partial charge >= 0.3 is 0 Å². The Bertz CT molecular complexity index is 465. The summed E-state index contributed by atoms with van der Waals surface area (Å²) in [6, 6.07) is 10.5. The molecule has 1 heterocycles. The summed E-state index contributed by atoms with van der Waals surface area (Å²) in [5, 5.41) is 11.3. The Balaban J connectivity index is 2.43. The van der Waals surface area contributed by atoms with Crippen molar-refractivity contribution in [2.45, 2.75) is 19.9 Å². The molecule has 0 fully saturated rings. The molecule has 1 aromatic carbocycles. The molecule has 78 valence electrons. The van der Waals surface area contributed by atoms with Gasteiger partial charge in [-0.1, -0.05) is 18.2 Å². The third kappa shape index (κ3) is 2.16. The normalized spacial score (nSPS) is 10.8. The van der Waals surface area contributed by atoms with Crippen molar-refractivity contribution in [1.29, 1.82) is 0 Å². The predicted molar refractivity (Wildman–Crippen MR) is 60.6 cm³/mol. The van der Waals surface area contributed by atoms with Gasteiger partial charge in [0.2, 0.25) is 0 Å². The Labute approximate surface area is 89.8 Å². The first-order valence-corrected chi connectivity index (χ1v) is 5.31. The fourth-order valence-corrected chi connectivity index (χ4v) is 1.82. The molecule has 0 saturated heterocycles. The summed E-state index contributed by atoms with van der Waals surface area (Å²) in [6.07, 6.45) is 2.96. The van der Waals surface area contributed by atoms with Gasteiger partial charge in [0, 0.05) is 31.4 Å². The number of nitrogens with zero attached hydrogens (tertiary/aromatic N) is 1. The van der Waals surface area contributed by atoms with Crippen molar-refractivity contribution in [2.75, 3.05) is 6.61 Å². The van der Waals surface area contributed by atoms with Crippen LogP contribution in [0.25, 0.3) is 10.8 Å². The number of aryl methyl sites for hydroxylation is 2. The van der Waals surface area contributed by atoms with E-state index in [4.69, 9.17) is 5.11 Å². The van der Waals surface area contributed by atoms with E-state index < -0.39 is 0 Å². The summed E-state index contributed by atoms with van der Waals surface area (Å²) in [4.78, 5) is 0. The molecule has 2 rings (SSSR count). The molecular weight excluding hydrogens is 186 g/mol. The molecule has 0 bridgehead atoms. The van der Waals surface area contributed by atoms with E-state index in [0.29, 0.717) is 0 Å². The third-order valence-electron chi connectivity index (χ3n) is 2.67. The van der Waals surface area contributed by atoms with Crippen LogP contribution < -0.4 is 4.57 Å². The highest BCUT2D eigenvalue weighted by molar-refractivity contribution is 5.80. The monoisotopic (exact) mass is 202 g/mol. The van der Waals surface area contributed by atoms with Crippen LogP contribution in [0.2, 0.25) is 0 Å². The van der Waals surface area contributed by atoms with Gasteiger partial charge in [0.15, 0.2) is 18.4 Å². The number of aromatic nitrogens is 1. The standard InChI is InChI=1S/C13H16NO/c1-11-9-12-5-2-3-6-13(12)10-14(11)7-4-8-15/h2-3,5-6,9-10,15H,4,7-8H2,1H3/q+1. The van der Waals surface area contributed by atoms with E-state index in [1.54, 1.807) is 0 Å². The van der Waals surface area contributed by atoms with E-state index in [1.165, 1.54) is 16.5 Å². The van der Waals surface area contributed by atoms with Crippen molar-refractivity contribution in [1.82, 2.24) is 0 Å². The Morgan fingerprint density at radius 1 is 1.20 bits per heavy atom. The van der Waals surface area contributed by atoms with E-state index >= 15 is 0 Å². The fraction of sp³-hybridized carbons (Fsp3) is 0.308. The van der Waals surface area contributed by atoms with Gasteiger partial charge in [-0.05, 0) is 11.5 Å². The highest BCUT2D eigenvalue weighted by Gasteiger charge is 2.07. The first kappa shape index (κ1) is 10.1. The average molecular weight is 202 g/mol. The van der Waals surface area contributed by atoms with Gasteiger partial charge in [-0.3, -0.25) is 0 Å². The Kier molecular flexibility index (Phi) is 2.97. The predicted octanol–water partition coefficient (Wildman–Crippen LogP) is 1.82. The Hall–Kier alpha value is -1.41. The molecule has 0 unspecified atom stereocenters. The second kappa shape index (κ2) is 4.41. The van der Waals surface area contributed by atoms with E-state index in [2.05, 4.69) is 42.0 Å². The van der Waals surface area contributed by atoms with Crippen LogP contribution in [0.3, 0.4) is 0 Å². The Morgan fingerprint density at radius 3 is 2.67 bits per heavy atom. The summed E-state index contributed by atoms with van der Waals surface area (Å²) >= 11 is 0. The molecule has 0 aliphatic rings. The summed E-state index contributed by atoms with van der Waals surface area (Å²) in [5.74, 6) is 0. The number of rotatable bonds is 3. The van der Waals surface area contributed by atoms with Gasteiger partial charge in [0.05, 0.1) is 0 Å². The van der Waals surface area contributed by atoms with Crippen LogP contribution in [0.5, 0.6) is 0 Å². The van der Waals surface area contributed by atoms with Crippen molar-refractivity contribution in [2.24, 2.45) is 0 Å². The molecule has 0 atom stereocenters. The van der Waals surface area contributed by atoms with Crippen molar-refractivity contribution < 1.29 is 9.67 Å². The molecule has 15 heavy (non-hydrogen) atoms. The van der Waals surface area contributed by atoms with Crippen molar-refractivity contribution in [3.8, 4) is 0 Å². The molecule has 2 aromatic rings. The molecule has 1 aromatic heterocycles. The number of fused-ring (bicyclic) bond motifs is 1. The van der Waals surface area contributed by atoms with Crippen molar-refractivity contribution in [3.63, 3.8) is 0 Å². The van der Waals surface area contributed by atoms with Crippen LogP contribution in [0.1, 0.15) is 12.1 Å². The zero-order chi connectivity index (χ0) is 10.7.